The van der Waals surface area contributed by atoms with E-state index in [1.54, 1.807) is 6.92 Å². The summed E-state index contributed by atoms with van der Waals surface area (Å²) in [6.45, 7) is 19.4. The highest BCUT2D eigenvalue weighted by molar-refractivity contribution is 6.23. The quantitative estimate of drug-likeness (QED) is 0.0858. The lowest BCUT2D eigenvalue weighted by Crippen LogP contribution is -2.24. The SMILES string of the molecule is COC1=C(OC)C(=O)C(CC=C(C)CC/C=C(\C)CC/C=C(\C)CCC=C(C)CC/C=C(\C)CC/C=C(\C)CCC=C(C)C)=C(C)C1=O. The zero-order valence-corrected chi connectivity index (χ0v) is 32.4. The highest BCUT2D eigenvalue weighted by Crippen LogP contribution is 2.28. The summed E-state index contributed by atoms with van der Waals surface area (Å²) in [6, 6.07) is 0. The van der Waals surface area contributed by atoms with E-state index >= 15 is 0 Å². The number of Topliss-reactive ketones (excluding diaryl/α,β-unsaturated/α-hetero) is 2. The van der Waals surface area contributed by atoms with Gasteiger partial charge in [0.05, 0.1) is 14.2 Å². The van der Waals surface area contributed by atoms with Crippen molar-refractivity contribution in [2.75, 3.05) is 14.2 Å². The number of hydrogen-bond acceptors (Lipinski definition) is 4. The van der Waals surface area contributed by atoms with Crippen LogP contribution in [0, 0.1) is 0 Å². The van der Waals surface area contributed by atoms with E-state index in [0.29, 0.717) is 17.6 Å². The normalized spacial score (nSPS) is 15.9. The molecule has 0 heterocycles. The van der Waals surface area contributed by atoms with Gasteiger partial charge in [-0.05, 0) is 146 Å². The van der Waals surface area contributed by atoms with E-state index in [-0.39, 0.29) is 23.1 Å². The maximum atomic E-state index is 12.8. The lowest BCUT2D eigenvalue weighted by atomic mass is 9.90. The molecule has 0 aromatic rings. The first-order valence-electron chi connectivity index (χ1n) is 18.0. The zero-order chi connectivity index (χ0) is 36.1. The van der Waals surface area contributed by atoms with Gasteiger partial charge in [-0.2, -0.15) is 0 Å². The molecule has 0 spiro atoms. The molecule has 0 bridgehead atoms. The van der Waals surface area contributed by atoms with Gasteiger partial charge < -0.3 is 9.47 Å². The monoisotopic (exact) mass is 658 g/mol. The van der Waals surface area contributed by atoms with Crippen molar-refractivity contribution in [2.24, 2.45) is 0 Å². The number of methoxy groups -OCH3 is 2. The molecule has 0 aliphatic heterocycles. The maximum Gasteiger partial charge on any atom is 0.228 e. The molecule has 0 radical (unpaired) electrons. The van der Waals surface area contributed by atoms with Gasteiger partial charge in [0.25, 0.3) is 0 Å². The Morgan fingerprint density at radius 3 is 1.06 bits per heavy atom. The zero-order valence-electron chi connectivity index (χ0n) is 32.4. The minimum atomic E-state index is -0.283. The maximum absolute atomic E-state index is 12.8. The summed E-state index contributed by atoms with van der Waals surface area (Å²) in [5.74, 6) is -0.570. The smallest absolute Gasteiger partial charge is 0.228 e. The van der Waals surface area contributed by atoms with E-state index in [2.05, 4.69) is 91.8 Å². The largest absolute Gasteiger partial charge is 0.489 e. The fourth-order valence-electron chi connectivity index (χ4n) is 5.65. The minimum absolute atomic E-state index is 0.00623. The number of hydrogen-bond donors (Lipinski definition) is 0. The summed E-state index contributed by atoms with van der Waals surface area (Å²) in [4.78, 5) is 25.4. The Labute approximate surface area is 294 Å². The third-order valence-electron chi connectivity index (χ3n) is 9.00. The molecule has 1 rings (SSSR count). The number of allylic oxidation sites excluding steroid dienone is 16. The van der Waals surface area contributed by atoms with Crippen LogP contribution >= 0.6 is 0 Å². The predicted molar refractivity (Wildman–Crippen MR) is 206 cm³/mol. The van der Waals surface area contributed by atoms with Gasteiger partial charge in [-0.1, -0.05) is 81.5 Å². The molecule has 1 aliphatic rings. The van der Waals surface area contributed by atoms with Crippen molar-refractivity contribution in [3.05, 3.63) is 104 Å². The second kappa shape index (κ2) is 23.8. The Morgan fingerprint density at radius 1 is 0.458 bits per heavy atom. The summed E-state index contributed by atoms with van der Waals surface area (Å²) in [5.41, 5.74) is 10.9. The van der Waals surface area contributed by atoms with Gasteiger partial charge in [-0.3, -0.25) is 9.59 Å². The van der Waals surface area contributed by atoms with E-state index in [9.17, 15) is 9.59 Å². The van der Waals surface area contributed by atoms with Crippen LogP contribution < -0.4 is 0 Å². The van der Waals surface area contributed by atoms with Crippen LogP contribution in [0.15, 0.2) is 104 Å². The van der Waals surface area contributed by atoms with Crippen molar-refractivity contribution in [1.82, 2.24) is 0 Å². The van der Waals surface area contributed by atoms with Crippen LogP contribution in [-0.2, 0) is 19.1 Å². The van der Waals surface area contributed by atoms with Gasteiger partial charge in [0.15, 0.2) is 0 Å². The topological polar surface area (TPSA) is 52.6 Å². The molecule has 0 amide bonds. The highest BCUT2D eigenvalue weighted by Gasteiger charge is 2.34. The molecule has 0 fully saturated rings. The highest BCUT2D eigenvalue weighted by atomic mass is 16.5. The Morgan fingerprint density at radius 2 is 0.750 bits per heavy atom. The van der Waals surface area contributed by atoms with E-state index in [4.69, 9.17) is 9.47 Å². The van der Waals surface area contributed by atoms with Crippen molar-refractivity contribution in [1.29, 1.82) is 0 Å². The number of carbonyl (C=O) groups is 2. The van der Waals surface area contributed by atoms with Crippen LogP contribution in [-0.4, -0.2) is 25.8 Å². The van der Waals surface area contributed by atoms with Crippen LogP contribution in [0.5, 0.6) is 0 Å². The van der Waals surface area contributed by atoms with Crippen molar-refractivity contribution in [2.45, 2.75) is 146 Å². The first-order valence-corrected chi connectivity index (χ1v) is 18.0. The summed E-state index contributed by atoms with van der Waals surface area (Å²) in [5, 5.41) is 0. The Kier molecular flexibility index (Phi) is 21.2. The molecular weight excluding hydrogens is 592 g/mol. The predicted octanol–water partition coefficient (Wildman–Crippen LogP) is 12.7. The summed E-state index contributed by atoms with van der Waals surface area (Å²) >= 11 is 0. The van der Waals surface area contributed by atoms with E-state index in [0.717, 1.165) is 70.6 Å². The molecule has 4 nitrogen and oxygen atoms in total. The first-order chi connectivity index (χ1) is 22.8. The molecule has 48 heavy (non-hydrogen) atoms. The number of carbonyl (C=O) groups excluding carboxylic acids is 2. The third-order valence-corrected chi connectivity index (χ3v) is 9.00. The molecule has 0 aromatic carbocycles. The Hall–Kier alpha value is -3.40. The van der Waals surface area contributed by atoms with Gasteiger partial charge in [-0.15, -0.1) is 0 Å². The standard InChI is InChI=1S/C44H66O4/c1-32(2)18-12-19-33(3)20-13-21-34(4)22-14-23-35(5)24-15-25-36(6)26-16-27-37(7)28-17-29-38(8)30-31-40-39(9)41(45)43(47-10)44(48-11)42(40)46/h18,20,22,24,26,28,30H,12-17,19,21,23,25,27,29,31H2,1-11H3/b33-20+,34-22+,35-24?,36-26+,37-28+,38-30?. The molecule has 4 heteroatoms. The molecule has 0 aromatic heterocycles. The van der Waals surface area contributed by atoms with Gasteiger partial charge in [-0.25, -0.2) is 0 Å². The van der Waals surface area contributed by atoms with Gasteiger partial charge in [0.1, 0.15) is 0 Å². The van der Waals surface area contributed by atoms with E-state index in [1.165, 1.54) is 59.7 Å². The fraction of sp³-hybridized carbons (Fsp3) is 0.545. The van der Waals surface area contributed by atoms with Gasteiger partial charge in [0, 0.05) is 11.1 Å². The first kappa shape index (κ1) is 42.6. The molecule has 0 unspecified atom stereocenters. The summed E-state index contributed by atoms with van der Waals surface area (Å²) in [6.07, 6.45) is 30.0. The van der Waals surface area contributed by atoms with Crippen molar-refractivity contribution in [3.8, 4) is 0 Å². The fourth-order valence-corrected chi connectivity index (χ4v) is 5.65. The van der Waals surface area contributed by atoms with Crippen molar-refractivity contribution < 1.29 is 19.1 Å². The Bertz CT molecular complexity index is 1360. The summed E-state index contributed by atoms with van der Waals surface area (Å²) < 4.78 is 10.3. The van der Waals surface area contributed by atoms with Crippen LogP contribution in [0.25, 0.3) is 0 Å². The second-order valence-corrected chi connectivity index (χ2v) is 13.8. The van der Waals surface area contributed by atoms with Crippen molar-refractivity contribution >= 4 is 11.6 Å². The lowest BCUT2D eigenvalue weighted by molar-refractivity contribution is -0.121. The minimum Gasteiger partial charge on any atom is -0.489 e. The van der Waals surface area contributed by atoms with Gasteiger partial charge >= 0.3 is 0 Å². The molecule has 0 saturated carbocycles. The van der Waals surface area contributed by atoms with Crippen LogP contribution in [0.2, 0.25) is 0 Å². The van der Waals surface area contributed by atoms with Gasteiger partial charge in [0.2, 0.25) is 23.1 Å². The molecule has 266 valence electrons. The lowest BCUT2D eigenvalue weighted by Gasteiger charge is -2.19. The van der Waals surface area contributed by atoms with Crippen LogP contribution in [0.4, 0.5) is 0 Å². The number of ether oxygens (including phenoxy) is 2. The number of rotatable bonds is 22. The van der Waals surface area contributed by atoms with Crippen LogP contribution in [0.3, 0.4) is 0 Å². The average molecular weight is 659 g/mol. The van der Waals surface area contributed by atoms with E-state index < -0.39 is 0 Å². The van der Waals surface area contributed by atoms with Crippen molar-refractivity contribution in [3.63, 3.8) is 0 Å². The molecule has 0 saturated heterocycles. The van der Waals surface area contributed by atoms with E-state index in [1.807, 2.05) is 6.08 Å². The molecule has 0 atom stereocenters. The average Bonchev–Trinajstić information content (AvgIpc) is 3.02. The molecule has 1 aliphatic carbocycles. The Balaban J connectivity index is 2.37. The number of ketones is 2. The third kappa shape index (κ3) is 17.1. The van der Waals surface area contributed by atoms with Crippen LogP contribution in [0.1, 0.15) is 146 Å². The molecular formula is C44H66O4. The molecule has 0 N–H and O–H groups in total. The summed E-state index contributed by atoms with van der Waals surface area (Å²) in [7, 11) is 2.77. The second-order valence-electron chi connectivity index (χ2n) is 13.8.